The van der Waals surface area contributed by atoms with Crippen LogP contribution in [0.15, 0.2) is 49.6 Å². The topological polar surface area (TPSA) is 15.3 Å². The number of nitrogens with one attached hydrogen (secondary N) is 1. The molecule has 0 heterocycles. The average Bonchev–Trinajstić information content (AvgIpc) is 2.33. The Morgan fingerprint density at radius 1 is 1.12 bits per heavy atom. The second-order valence-electron chi connectivity index (χ2n) is 4.07. The monoisotopic (exact) mass is 230 g/mol. The predicted octanol–water partition coefficient (Wildman–Crippen LogP) is 2.58. The lowest BCUT2D eigenvalue weighted by Gasteiger charge is -2.20. The van der Waals surface area contributed by atoms with E-state index in [1.165, 1.54) is 11.1 Å². The SMILES string of the molecule is C=CCN(CC=C)Cc1ccccc1CNC. The molecule has 0 radical (unpaired) electrons. The van der Waals surface area contributed by atoms with E-state index < -0.39 is 0 Å². The molecule has 0 aliphatic heterocycles. The quantitative estimate of drug-likeness (QED) is 0.691. The van der Waals surface area contributed by atoms with Gasteiger partial charge in [-0.15, -0.1) is 13.2 Å². The summed E-state index contributed by atoms with van der Waals surface area (Å²) in [5.41, 5.74) is 2.72. The Kier molecular flexibility index (Phi) is 6.30. The smallest absolute Gasteiger partial charge is 0.0243 e. The molecule has 0 unspecified atom stereocenters. The Labute approximate surface area is 105 Å². The molecule has 0 bridgehead atoms. The molecular weight excluding hydrogens is 208 g/mol. The van der Waals surface area contributed by atoms with Crippen LogP contribution in [0.4, 0.5) is 0 Å². The van der Waals surface area contributed by atoms with Gasteiger partial charge in [-0.2, -0.15) is 0 Å². The van der Waals surface area contributed by atoms with Gasteiger partial charge in [-0.3, -0.25) is 4.90 Å². The molecule has 17 heavy (non-hydrogen) atoms. The van der Waals surface area contributed by atoms with Crippen molar-refractivity contribution in [3.63, 3.8) is 0 Å². The lowest BCUT2D eigenvalue weighted by Crippen LogP contribution is -2.24. The molecule has 0 saturated heterocycles. The Morgan fingerprint density at radius 3 is 2.24 bits per heavy atom. The third-order valence-corrected chi connectivity index (χ3v) is 2.65. The molecule has 1 aromatic rings. The summed E-state index contributed by atoms with van der Waals surface area (Å²) in [7, 11) is 1.97. The van der Waals surface area contributed by atoms with Gasteiger partial charge in [0.1, 0.15) is 0 Å². The maximum atomic E-state index is 3.79. The van der Waals surface area contributed by atoms with Crippen LogP contribution in [0, 0.1) is 0 Å². The maximum absolute atomic E-state index is 3.79. The van der Waals surface area contributed by atoms with Gasteiger partial charge in [-0.1, -0.05) is 36.4 Å². The van der Waals surface area contributed by atoms with Gasteiger partial charge in [0.25, 0.3) is 0 Å². The van der Waals surface area contributed by atoms with E-state index in [2.05, 4.69) is 47.6 Å². The maximum Gasteiger partial charge on any atom is 0.0243 e. The number of rotatable bonds is 8. The van der Waals surface area contributed by atoms with Gasteiger partial charge in [0.15, 0.2) is 0 Å². The van der Waals surface area contributed by atoms with Crippen molar-refractivity contribution in [3.8, 4) is 0 Å². The second kappa shape index (κ2) is 7.82. The van der Waals surface area contributed by atoms with Gasteiger partial charge in [0, 0.05) is 26.2 Å². The lowest BCUT2D eigenvalue weighted by atomic mass is 10.1. The van der Waals surface area contributed by atoms with Crippen molar-refractivity contribution in [2.24, 2.45) is 0 Å². The fraction of sp³-hybridized carbons (Fsp3) is 0.333. The van der Waals surface area contributed by atoms with Crippen molar-refractivity contribution in [2.45, 2.75) is 13.1 Å². The number of hydrogen-bond acceptors (Lipinski definition) is 2. The van der Waals surface area contributed by atoms with Crippen LogP contribution in [0.3, 0.4) is 0 Å². The Hall–Kier alpha value is -1.38. The second-order valence-corrected chi connectivity index (χ2v) is 4.07. The van der Waals surface area contributed by atoms with Crippen LogP contribution in [0.5, 0.6) is 0 Å². The van der Waals surface area contributed by atoms with Crippen LogP contribution in [0.25, 0.3) is 0 Å². The summed E-state index contributed by atoms with van der Waals surface area (Å²) in [5, 5.41) is 3.20. The average molecular weight is 230 g/mol. The molecular formula is C15H22N2. The van der Waals surface area contributed by atoms with Crippen LogP contribution >= 0.6 is 0 Å². The molecule has 0 atom stereocenters. The molecule has 0 aliphatic rings. The van der Waals surface area contributed by atoms with E-state index in [4.69, 9.17) is 0 Å². The first kappa shape index (κ1) is 13.7. The molecule has 1 rings (SSSR count). The van der Waals surface area contributed by atoms with E-state index in [0.717, 1.165) is 26.2 Å². The Balaban J connectivity index is 2.76. The van der Waals surface area contributed by atoms with Crippen molar-refractivity contribution in [3.05, 3.63) is 60.7 Å². The summed E-state index contributed by atoms with van der Waals surface area (Å²) in [6, 6.07) is 8.54. The molecule has 0 aromatic heterocycles. The largest absolute Gasteiger partial charge is 0.316 e. The molecule has 0 spiro atoms. The number of benzene rings is 1. The first-order valence-electron chi connectivity index (χ1n) is 5.97. The number of hydrogen-bond donors (Lipinski definition) is 1. The molecule has 0 fully saturated rings. The highest BCUT2D eigenvalue weighted by molar-refractivity contribution is 5.27. The first-order chi connectivity index (χ1) is 8.31. The van der Waals surface area contributed by atoms with E-state index in [1.54, 1.807) is 0 Å². The van der Waals surface area contributed by atoms with Crippen molar-refractivity contribution < 1.29 is 0 Å². The summed E-state index contributed by atoms with van der Waals surface area (Å²) in [6.45, 7) is 11.2. The highest BCUT2D eigenvalue weighted by Crippen LogP contribution is 2.11. The molecule has 92 valence electrons. The third-order valence-electron chi connectivity index (χ3n) is 2.65. The van der Waals surface area contributed by atoms with E-state index >= 15 is 0 Å². The Morgan fingerprint density at radius 2 is 1.71 bits per heavy atom. The van der Waals surface area contributed by atoms with Crippen LogP contribution in [0.2, 0.25) is 0 Å². The van der Waals surface area contributed by atoms with E-state index in [0.29, 0.717) is 0 Å². The molecule has 0 saturated carbocycles. The van der Waals surface area contributed by atoms with Crippen LogP contribution < -0.4 is 5.32 Å². The minimum Gasteiger partial charge on any atom is -0.316 e. The zero-order valence-corrected chi connectivity index (χ0v) is 10.7. The van der Waals surface area contributed by atoms with Gasteiger partial charge in [-0.25, -0.2) is 0 Å². The van der Waals surface area contributed by atoms with Crippen LogP contribution in [0.1, 0.15) is 11.1 Å². The summed E-state index contributed by atoms with van der Waals surface area (Å²) in [4.78, 5) is 2.31. The molecule has 0 aliphatic carbocycles. The Bertz CT molecular complexity index is 348. The highest BCUT2D eigenvalue weighted by atomic mass is 15.1. The van der Waals surface area contributed by atoms with Crippen LogP contribution in [-0.2, 0) is 13.1 Å². The number of nitrogens with zero attached hydrogens (tertiary/aromatic N) is 1. The summed E-state index contributed by atoms with van der Waals surface area (Å²) in [6.07, 6.45) is 3.87. The van der Waals surface area contributed by atoms with E-state index in [1.807, 2.05) is 19.2 Å². The summed E-state index contributed by atoms with van der Waals surface area (Å²) in [5.74, 6) is 0. The fourth-order valence-corrected chi connectivity index (χ4v) is 1.88. The van der Waals surface area contributed by atoms with Gasteiger partial charge in [0.2, 0.25) is 0 Å². The zero-order valence-electron chi connectivity index (χ0n) is 10.7. The standard InChI is InChI=1S/C15H22N2/c1-4-10-17(11-5-2)13-15-9-7-6-8-14(15)12-16-3/h4-9,16H,1-2,10-13H2,3H3. The van der Waals surface area contributed by atoms with Crippen molar-refractivity contribution in [1.82, 2.24) is 10.2 Å². The molecule has 1 aromatic carbocycles. The van der Waals surface area contributed by atoms with Gasteiger partial charge in [-0.05, 0) is 18.2 Å². The van der Waals surface area contributed by atoms with E-state index in [-0.39, 0.29) is 0 Å². The molecule has 2 nitrogen and oxygen atoms in total. The highest BCUT2D eigenvalue weighted by Gasteiger charge is 2.05. The van der Waals surface area contributed by atoms with Crippen molar-refractivity contribution >= 4 is 0 Å². The molecule has 0 amide bonds. The predicted molar refractivity (Wildman–Crippen MR) is 74.9 cm³/mol. The molecule has 2 heteroatoms. The molecule has 1 N–H and O–H groups in total. The zero-order chi connectivity index (χ0) is 12.5. The summed E-state index contributed by atoms with van der Waals surface area (Å²) < 4.78 is 0. The minimum absolute atomic E-state index is 0.889. The first-order valence-corrected chi connectivity index (χ1v) is 5.97. The van der Waals surface area contributed by atoms with Gasteiger partial charge < -0.3 is 5.32 Å². The van der Waals surface area contributed by atoms with E-state index in [9.17, 15) is 0 Å². The van der Waals surface area contributed by atoms with Crippen molar-refractivity contribution in [1.29, 1.82) is 0 Å². The lowest BCUT2D eigenvalue weighted by molar-refractivity contribution is 0.326. The van der Waals surface area contributed by atoms with Gasteiger partial charge in [0.05, 0.1) is 0 Å². The normalized spacial score (nSPS) is 10.5. The fourth-order valence-electron chi connectivity index (χ4n) is 1.88. The van der Waals surface area contributed by atoms with Gasteiger partial charge >= 0.3 is 0 Å². The summed E-state index contributed by atoms with van der Waals surface area (Å²) >= 11 is 0. The third kappa shape index (κ3) is 4.55. The van der Waals surface area contributed by atoms with Crippen LogP contribution in [-0.4, -0.2) is 25.0 Å². The minimum atomic E-state index is 0.889. The van der Waals surface area contributed by atoms with Crippen molar-refractivity contribution in [2.75, 3.05) is 20.1 Å².